The average molecular weight is 428 g/mol. The molecule has 3 aromatic heterocycles. The van der Waals surface area contributed by atoms with E-state index in [9.17, 15) is 9.90 Å². The zero-order valence-electron chi connectivity index (χ0n) is 18.0. The van der Waals surface area contributed by atoms with Gasteiger partial charge in [-0.15, -0.1) is 0 Å². The molecule has 3 heterocycles. The smallest absolute Gasteiger partial charge is 0.306 e. The lowest BCUT2D eigenvalue weighted by Gasteiger charge is -2.27. The molecular weight excluding hydrogens is 403 g/mol. The van der Waals surface area contributed by atoms with Crippen LogP contribution in [-0.4, -0.2) is 43.3 Å². The molecule has 3 N–H and O–H groups in total. The van der Waals surface area contributed by atoms with Gasteiger partial charge in [-0.2, -0.15) is 14.7 Å². The van der Waals surface area contributed by atoms with Gasteiger partial charge >= 0.3 is 5.97 Å². The second kappa shape index (κ2) is 8.14. The SMILES string of the molecule is Bc1c(N)n2ncc(-c3cnn(Cc4ccccc4)c3)c2nc1[C@H]1CC[C@H](C(=O)O)CC1. The molecule has 0 spiro atoms. The van der Waals surface area contributed by atoms with Gasteiger partial charge in [-0.1, -0.05) is 30.3 Å². The van der Waals surface area contributed by atoms with Gasteiger partial charge in [-0.05, 0) is 36.7 Å². The van der Waals surface area contributed by atoms with E-state index in [1.54, 1.807) is 10.7 Å². The lowest BCUT2D eigenvalue weighted by atomic mass is 9.77. The molecule has 1 aliphatic rings. The first kappa shape index (κ1) is 20.3. The van der Waals surface area contributed by atoms with Crippen LogP contribution in [0.15, 0.2) is 48.9 Å². The summed E-state index contributed by atoms with van der Waals surface area (Å²) in [7, 11) is 1.97. The van der Waals surface area contributed by atoms with E-state index >= 15 is 0 Å². The Hall–Kier alpha value is -3.62. The number of hydrogen-bond donors (Lipinski definition) is 2. The van der Waals surface area contributed by atoms with Crippen molar-refractivity contribution in [1.29, 1.82) is 0 Å². The fourth-order valence-corrected chi connectivity index (χ4v) is 4.69. The number of carbonyl (C=O) groups is 1. The Kier molecular flexibility index (Phi) is 5.17. The highest BCUT2D eigenvalue weighted by molar-refractivity contribution is 6.36. The summed E-state index contributed by atoms with van der Waals surface area (Å²) in [6, 6.07) is 10.2. The Morgan fingerprint density at radius 2 is 1.88 bits per heavy atom. The predicted molar refractivity (Wildman–Crippen MR) is 125 cm³/mol. The van der Waals surface area contributed by atoms with E-state index in [-0.39, 0.29) is 11.8 Å². The van der Waals surface area contributed by atoms with Gasteiger partial charge in [0, 0.05) is 28.9 Å². The molecule has 0 unspecified atom stereocenters. The van der Waals surface area contributed by atoms with Crippen LogP contribution in [0.25, 0.3) is 16.8 Å². The van der Waals surface area contributed by atoms with Crippen LogP contribution in [-0.2, 0) is 11.3 Å². The molecule has 1 saturated carbocycles. The molecule has 0 radical (unpaired) electrons. The van der Waals surface area contributed by atoms with E-state index < -0.39 is 5.97 Å². The maximum atomic E-state index is 11.3. The van der Waals surface area contributed by atoms with Crippen molar-refractivity contribution in [3.8, 4) is 11.1 Å². The highest BCUT2D eigenvalue weighted by Gasteiger charge is 2.29. The quantitative estimate of drug-likeness (QED) is 0.470. The average Bonchev–Trinajstić information content (AvgIpc) is 3.44. The molecule has 0 saturated heterocycles. The Bertz CT molecular complexity index is 1270. The molecule has 9 heteroatoms. The zero-order chi connectivity index (χ0) is 22.2. The number of nitrogens with zero attached hydrogens (tertiary/aromatic N) is 5. The van der Waals surface area contributed by atoms with Crippen LogP contribution in [0.2, 0.25) is 0 Å². The van der Waals surface area contributed by atoms with Crippen molar-refractivity contribution in [2.45, 2.75) is 38.1 Å². The first-order valence-corrected chi connectivity index (χ1v) is 10.9. The number of benzene rings is 1. The first-order chi connectivity index (χ1) is 15.5. The molecule has 0 atom stereocenters. The molecule has 5 rings (SSSR count). The maximum Gasteiger partial charge on any atom is 0.306 e. The number of nitrogens with two attached hydrogens (primary N) is 1. The van der Waals surface area contributed by atoms with Crippen LogP contribution in [0.3, 0.4) is 0 Å². The molecule has 32 heavy (non-hydrogen) atoms. The van der Waals surface area contributed by atoms with Gasteiger partial charge in [0.15, 0.2) is 5.65 Å². The van der Waals surface area contributed by atoms with E-state index in [4.69, 9.17) is 10.7 Å². The third-order valence-corrected chi connectivity index (χ3v) is 6.56. The summed E-state index contributed by atoms with van der Waals surface area (Å²) in [6.45, 7) is 0.687. The van der Waals surface area contributed by atoms with Crippen LogP contribution in [0, 0.1) is 5.92 Å². The molecule has 1 aliphatic carbocycles. The first-order valence-electron chi connectivity index (χ1n) is 10.9. The van der Waals surface area contributed by atoms with Gasteiger partial charge in [0.05, 0.1) is 24.9 Å². The standard InChI is InChI=1S/C23H25BN6O2/c24-19-20(15-6-8-16(9-7-15)23(31)32)28-22-18(11-27-30(22)21(19)25)17-10-26-29(13-17)12-14-4-2-1-3-5-14/h1-5,10-11,13,15-16H,6-9,12,24-25H2,(H,31,32)/t15-,16-. The van der Waals surface area contributed by atoms with Gasteiger partial charge in [0.25, 0.3) is 0 Å². The molecule has 0 amide bonds. The van der Waals surface area contributed by atoms with Crippen molar-refractivity contribution < 1.29 is 9.90 Å². The van der Waals surface area contributed by atoms with Crippen LogP contribution in [0.1, 0.15) is 42.9 Å². The minimum atomic E-state index is -0.700. The predicted octanol–water partition coefficient (Wildman–Crippen LogP) is 1.84. The number of anilines is 1. The summed E-state index contributed by atoms with van der Waals surface area (Å²) >= 11 is 0. The summed E-state index contributed by atoms with van der Waals surface area (Å²) in [5.74, 6) is -0.169. The van der Waals surface area contributed by atoms with Gasteiger partial charge in [0.1, 0.15) is 13.7 Å². The van der Waals surface area contributed by atoms with Gasteiger partial charge in [-0.3, -0.25) is 9.48 Å². The maximum absolute atomic E-state index is 11.3. The molecule has 4 aromatic rings. The second-order valence-corrected chi connectivity index (χ2v) is 8.60. The molecule has 8 nitrogen and oxygen atoms in total. The summed E-state index contributed by atoms with van der Waals surface area (Å²) in [5.41, 5.74) is 12.0. The van der Waals surface area contributed by atoms with Crippen molar-refractivity contribution in [1.82, 2.24) is 24.4 Å². The number of aliphatic carboxylic acids is 1. The van der Waals surface area contributed by atoms with E-state index in [1.807, 2.05) is 43.1 Å². The largest absolute Gasteiger partial charge is 0.481 e. The fourth-order valence-electron chi connectivity index (χ4n) is 4.69. The lowest BCUT2D eigenvalue weighted by Crippen LogP contribution is -2.28. The molecule has 162 valence electrons. The van der Waals surface area contributed by atoms with Crippen molar-refractivity contribution in [2.75, 3.05) is 5.73 Å². The number of nitrogen functional groups attached to an aromatic ring is 1. The number of carboxylic acid groups (broad SMARTS) is 1. The van der Waals surface area contributed by atoms with Crippen molar-refractivity contribution in [3.05, 3.63) is 60.2 Å². The van der Waals surface area contributed by atoms with Crippen LogP contribution < -0.4 is 11.2 Å². The minimum Gasteiger partial charge on any atom is -0.481 e. The summed E-state index contributed by atoms with van der Waals surface area (Å²) in [5, 5.41) is 18.3. The highest BCUT2D eigenvalue weighted by atomic mass is 16.4. The minimum absolute atomic E-state index is 0.210. The molecule has 0 bridgehead atoms. The number of aromatic nitrogens is 5. The van der Waals surface area contributed by atoms with E-state index in [1.165, 1.54) is 5.56 Å². The van der Waals surface area contributed by atoms with Crippen molar-refractivity contribution >= 4 is 30.7 Å². The molecule has 1 aromatic carbocycles. The molecule has 0 aliphatic heterocycles. The summed E-state index contributed by atoms with van der Waals surface area (Å²) in [6.07, 6.45) is 8.56. The fraction of sp³-hybridized carbons (Fsp3) is 0.304. The third kappa shape index (κ3) is 3.64. The van der Waals surface area contributed by atoms with Crippen LogP contribution >= 0.6 is 0 Å². The Balaban J connectivity index is 1.47. The van der Waals surface area contributed by atoms with Crippen LogP contribution in [0.4, 0.5) is 5.82 Å². The van der Waals surface area contributed by atoms with E-state index in [0.29, 0.717) is 30.9 Å². The Morgan fingerprint density at radius 1 is 1.12 bits per heavy atom. The zero-order valence-corrected chi connectivity index (χ0v) is 18.0. The molecule has 1 fully saturated rings. The van der Waals surface area contributed by atoms with Gasteiger partial charge in [-0.25, -0.2) is 4.98 Å². The topological polar surface area (TPSA) is 111 Å². The van der Waals surface area contributed by atoms with Gasteiger partial charge < -0.3 is 10.8 Å². The number of fused-ring (bicyclic) bond motifs is 1. The number of carboxylic acids is 1. The van der Waals surface area contributed by atoms with E-state index in [0.717, 1.165) is 35.1 Å². The lowest BCUT2D eigenvalue weighted by molar-refractivity contribution is -0.142. The van der Waals surface area contributed by atoms with Crippen molar-refractivity contribution in [3.63, 3.8) is 0 Å². The summed E-state index contributed by atoms with van der Waals surface area (Å²) < 4.78 is 3.59. The normalized spacial score (nSPS) is 18.8. The number of hydrogen-bond acceptors (Lipinski definition) is 5. The molecular formula is C23H25BN6O2. The van der Waals surface area contributed by atoms with Gasteiger partial charge in [0.2, 0.25) is 0 Å². The van der Waals surface area contributed by atoms with E-state index in [2.05, 4.69) is 22.3 Å². The third-order valence-electron chi connectivity index (χ3n) is 6.56. The highest BCUT2D eigenvalue weighted by Crippen LogP contribution is 2.35. The summed E-state index contributed by atoms with van der Waals surface area (Å²) in [4.78, 5) is 16.3. The Labute approximate surface area is 186 Å². The van der Waals surface area contributed by atoms with Crippen molar-refractivity contribution in [2.24, 2.45) is 5.92 Å². The Morgan fingerprint density at radius 3 is 2.59 bits per heavy atom. The number of rotatable bonds is 5. The van der Waals surface area contributed by atoms with Crippen LogP contribution in [0.5, 0.6) is 0 Å². The second-order valence-electron chi connectivity index (χ2n) is 8.60. The monoisotopic (exact) mass is 428 g/mol.